The van der Waals surface area contributed by atoms with E-state index in [4.69, 9.17) is 9.47 Å². The summed E-state index contributed by atoms with van der Waals surface area (Å²) in [7, 11) is 0. The Bertz CT molecular complexity index is 809. The van der Waals surface area contributed by atoms with Crippen LogP contribution in [0.15, 0.2) is 42.7 Å². The van der Waals surface area contributed by atoms with Gasteiger partial charge in [-0.05, 0) is 36.2 Å². The summed E-state index contributed by atoms with van der Waals surface area (Å²) in [5.74, 6) is 1.04. The van der Waals surface area contributed by atoms with Crippen LogP contribution in [0.25, 0.3) is 0 Å². The Morgan fingerprint density at radius 1 is 1.00 bits per heavy atom. The van der Waals surface area contributed by atoms with Gasteiger partial charge in [0.25, 0.3) is 5.91 Å². The summed E-state index contributed by atoms with van der Waals surface area (Å²) in [6.07, 6.45) is 4.12. The Hall–Kier alpha value is -3.09. The number of hydrazine groups is 1. The van der Waals surface area contributed by atoms with Gasteiger partial charge < -0.3 is 9.47 Å². The lowest BCUT2D eigenvalue weighted by molar-refractivity contribution is -0.139. The minimum Gasteiger partial charge on any atom is -0.454 e. The number of hydrogen-bond donors (Lipinski definition) is 0. The predicted molar refractivity (Wildman–Crippen MR) is 87.9 cm³/mol. The van der Waals surface area contributed by atoms with Crippen LogP contribution in [0.1, 0.15) is 22.3 Å². The van der Waals surface area contributed by atoms with Crippen LogP contribution in [0.4, 0.5) is 0 Å². The van der Waals surface area contributed by atoms with Crippen LogP contribution in [0.5, 0.6) is 11.5 Å². The van der Waals surface area contributed by atoms with Crippen molar-refractivity contribution in [1.29, 1.82) is 0 Å². The van der Waals surface area contributed by atoms with Gasteiger partial charge in [0.15, 0.2) is 11.5 Å². The van der Waals surface area contributed by atoms with Gasteiger partial charge in [0.2, 0.25) is 12.7 Å². The fraction of sp³-hybridized carbons (Fsp3) is 0.278. The third kappa shape index (κ3) is 3.00. The minimum absolute atomic E-state index is 0.112. The highest BCUT2D eigenvalue weighted by molar-refractivity contribution is 5.95. The number of benzene rings is 1. The standard InChI is InChI=1S/C18H17N3O4/c22-17(11-13-2-3-15-16(10-13)25-12-24-15)20-8-1-9-21(20)18(23)14-4-6-19-7-5-14/h2-7,10H,1,8-9,11-12H2. The zero-order valence-corrected chi connectivity index (χ0v) is 13.6. The van der Waals surface area contributed by atoms with Crippen LogP contribution in [-0.4, -0.2) is 46.7 Å². The number of carbonyl (C=O) groups is 2. The lowest BCUT2D eigenvalue weighted by atomic mass is 10.1. The van der Waals surface area contributed by atoms with Gasteiger partial charge in [0, 0.05) is 31.0 Å². The van der Waals surface area contributed by atoms with Gasteiger partial charge in [-0.2, -0.15) is 0 Å². The molecule has 7 heteroatoms. The van der Waals surface area contributed by atoms with E-state index in [0.717, 1.165) is 12.0 Å². The Balaban J connectivity index is 1.48. The first-order valence-electron chi connectivity index (χ1n) is 8.13. The molecule has 25 heavy (non-hydrogen) atoms. The molecule has 1 aromatic heterocycles. The average molecular weight is 339 g/mol. The second-order valence-corrected chi connectivity index (χ2v) is 5.90. The zero-order chi connectivity index (χ0) is 17.2. The number of aromatic nitrogens is 1. The maximum absolute atomic E-state index is 12.7. The number of hydrogen-bond acceptors (Lipinski definition) is 5. The maximum Gasteiger partial charge on any atom is 0.272 e. The quantitative estimate of drug-likeness (QED) is 0.850. The molecular formula is C18H17N3O4. The first-order chi connectivity index (χ1) is 12.2. The van der Waals surface area contributed by atoms with Crippen LogP contribution < -0.4 is 9.47 Å². The number of fused-ring (bicyclic) bond motifs is 1. The van der Waals surface area contributed by atoms with Crippen molar-refractivity contribution in [3.63, 3.8) is 0 Å². The van der Waals surface area contributed by atoms with Crippen molar-refractivity contribution in [3.8, 4) is 11.5 Å². The van der Waals surface area contributed by atoms with Crippen molar-refractivity contribution >= 4 is 11.8 Å². The van der Waals surface area contributed by atoms with E-state index in [2.05, 4.69) is 4.98 Å². The highest BCUT2D eigenvalue weighted by Gasteiger charge is 2.31. The number of pyridine rings is 1. The Morgan fingerprint density at radius 3 is 2.60 bits per heavy atom. The van der Waals surface area contributed by atoms with E-state index < -0.39 is 0 Å². The van der Waals surface area contributed by atoms with E-state index in [1.807, 2.05) is 12.1 Å². The van der Waals surface area contributed by atoms with Crippen molar-refractivity contribution in [2.75, 3.05) is 19.9 Å². The molecule has 2 amide bonds. The van der Waals surface area contributed by atoms with Gasteiger partial charge in [0.05, 0.1) is 6.42 Å². The van der Waals surface area contributed by atoms with E-state index in [0.29, 0.717) is 30.2 Å². The van der Waals surface area contributed by atoms with Crippen molar-refractivity contribution in [2.24, 2.45) is 0 Å². The van der Waals surface area contributed by atoms with Gasteiger partial charge in [-0.25, -0.2) is 5.01 Å². The molecule has 0 saturated carbocycles. The minimum atomic E-state index is -0.182. The Morgan fingerprint density at radius 2 is 1.76 bits per heavy atom. The molecule has 1 saturated heterocycles. The average Bonchev–Trinajstić information content (AvgIpc) is 3.30. The molecule has 0 atom stereocenters. The molecule has 128 valence electrons. The highest BCUT2D eigenvalue weighted by Crippen LogP contribution is 2.32. The van der Waals surface area contributed by atoms with Crippen molar-refractivity contribution in [1.82, 2.24) is 15.0 Å². The summed E-state index contributed by atoms with van der Waals surface area (Å²) in [6.45, 7) is 1.28. The van der Waals surface area contributed by atoms with Crippen molar-refractivity contribution in [3.05, 3.63) is 53.9 Å². The summed E-state index contributed by atoms with van der Waals surface area (Å²) >= 11 is 0. The number of ether oxygens (including phenoxy) is 2. The fourth-order valence-electron chi connectivity index (χ4n) is 3.04. The molecule has 0 bridgehead atoms. The summed E-state index contributed by atoms with van der Waals surface area (Å²) < 4.78 is 10.6. The molecule has 3 heterocycles. The number of amides is 2. The molecule has 0 aliphatic carbocycles. The maximum atomic E-state index is 12.7. The lowest BCUT2D eigenvalue weighted by Gasteiger charge is -2.28. The van der Waals surface area contributed by atoms with E-state index >= 15 is 0 Å². The number of carbonyl (C=O) groups excluding carboxylic acids is 2. The first-order valence-corrected chi connectivity index (χ1v) is 8.13. The summed E-state index contributed by atoms with van der Waals surface area (Å²) in [6, 6.07) is 8.76. The first kappa shape index (κ1) is 15.4. The Kier molecular flexibility index (Phi) is 3.97. The summed E-state index contributed by atoms with van der Waals surface area (Å²) in [5, 5.41) is 3.05. The second-order valence-electron chi connectivity index (χ2n) is 5.90. The van der Waals surface area contributed by atoms with Crippen LogP contribution >= 0.6 is 0 Å². The Labute approximate surface area is 144 Å². The normalized spacial score (nSPS) is 15.5. The van der Waals surface area contributed by atoms with E-state index in [-0.39, 0.29) is 25.0 Å². The molecule has 2 aliphatic heterocycles. The van der Waals surface area contributed by atoms with Gasteiger partial charge in [-0.15, -0.1) is 0 Å². The molecule has 0 N–H and O–H groups in total. The van der Waals surface area contributed by atoms with Crippen LogP contribution in [0.2, 0.25) is 0 Å². The van der Waals surface area contributed by atoms with E-state index in [1.165, 1.54) is 10.0 Å². The topological polar surface area (TPSA) is 72.0 Å². The van der Waals surface area contributed by atoms with Crippen LogP contribution in [0.3, 0.4) is 0 Å². The third-order valence-electron chi connectivity index (χ3n) is 4.27. The van der Waals surface area contributed by atoms with Crippen molar-refractivity contribution < 1.29 is 19.1 Å². The number of nitrogens with zero attached hydrogens (tertiary/aromatic N) is 3. The monoisotopic (exact) mass is 339 g/mol. The molecule has 2 aliphatic rings. The predicted octanol–water partition coefficient (Wildman–Crippen LogP) is 1.64. The van der Waals surface area contributed by atoms with Gasteiger partial charge >= 0.3 is 0 Å². The third-order valence-corrected chi connectivity index (χ3v) is 4.27. The SMILES string of the molecule is O=C(Cc1ccc2c(c1)OCO2)N1CCCN1C(=O)c1ccncc1. The molecule has 1 fully saturated rings. The summed E-state index contributed by atoms with van der Waals surface area (Å²) in [5.41, 5.74) is 1.36. The van der Waals surface area contributed by atoms with Gasteiger partial charge in [-0.3, -0.25) is 19.6 Å². The van der Waals surface area contributed by atoms with Crippen LogP contribution in [0, 0.1) is 0 Å². The molecule has 2 aromatic rings. The van der Waals surface area contributed by atoms with Gasteiger partial charge in [0.1, 0.15) is 0 Å². The molecule has 0 radical (unpaired) electrons. The molecule has 0 unspecified atom stereocenters. The lowest BCUT2D eigenvalue weighted by Crippen LogP contribution is -2.45. The molecule has 1 aromatic carbocycles. The molecule has 4 rings (SSSR count). The van der Waals surface area contributed by atoms with E-state index in [1.54, 1.807) is 30.6 Å². The fourth-order valence-corrected chi connectivity index (χ4v) is 3.04. The molecule has 0 spiro atoms. The van der Waals surface area contributed by atoms with Crippen molar-refractivity contribution in [2.45, 2.75) is 12.8 Å². The largest absolute Gasteiger partial charge is 0.454 e. The highest BCUT2D eigenvalue weighted by atomic mass is 16.7. The number of rotatable bonds is 3. The molecular weight excluding hydrogens is 322 g/mol. The van der Waals surface area contributed by atoms with E-state index in [9.17, 15) is 9.59 Å². The zero-order valence-electron chi connectivity index (χ0n) is 13.6. The van der Waals surface area contributed by atoms with Gasteiger partial charge in [-0.1, -0.05) is 6.07 Å². The molecule has 7 nitrogen and oxygen atoms in total. The second kappa shape index (κ2) is 6.43. The van der Waals surface area contributed by atoms with Crippen LogP contribution in [-0.2, 0) is 11.2 Å². The smallest absolute Gasteiger partial charge is 0.272 e. The summed E-state index contributed by atoms with van der Waals surface area (Å²) in [4.78, 5) is 29.3.